The van der Waals surface area contributed by atoms with Crippen molar-refractivity contribution in [3.63, 3.8) is 0 Å². The molecule has 0 spiro atoms. The topological polar surface area (TPSA) is 47.4 Å². The summed E-state index contributed by atoms with van der Waals surface area (Å²) in [6.07, 6.45) is 2.53. The van der Waals surface area contributed by atoms with Crippen LogP contribution in [0.4, 0.5) is 0 Å². The molecule has 0 aliphatic carbocycles. The van der Waals surface area contributed by atoms with Crippen LogP contribution in [0.2, 0.25) is 0 Å². The molecule has 1 aromatic heterocycles. The maximum atomic E-state index is 12.5. The lowest BCUT2D eigenvalue weighted by Crippen LogP contribution is -2.31. The van der Waals surface area contributed by atoms with E-state index in [9.17, 15) is 4.79 Å². The van der Waals surface area contributed by atoms with Gasteiger partial charge in [-0.15, -0.1) is 0 Å². The normalized spacial score (nSPS) is 16.5. The number of hydrogen-bond donors (Lipinski definition) is 0. The lowest BCUT2D eigenvalue weighted by atomic mass is 10.1. The van der Waals surface area contributed by atoms with Gasteiger partial charge in [0.15, 0.2) is 0 Å². The van der Waals surface area contributed by atoms with E-state index in [2.05, 4.69) is 42.7 Å². The van der Waals surface area contributed by atoms with Crippen molar-refractivity contribution in [2.24, 2.45) is 0 Å². The number of aromatic nitrogens is 2. The average Bonchev–Trinajstić information content (AvgIpc) is 3.31. The smallest absolute Gasteiger partial charge is 0.222 e. The molecule has 2 aromatic carbocycles. The molecular formula is C24H29N3O2. The fourth-order valence-corrected chi connectivity index (χ4v) is 4.39. The van der Waals surface area contributed by atoms with Gasteiger partial charge >= 0.3 is 0 Å². The quantitative estimate of drug-likeness (QED) is 0.606. The fraction of sp³-hybridized carbons (Fsp3) is 0.417. The van der Waals surface area contributed by atoms with Crippen LogP contribution >= 0.6 is 0 Å². The van der Waals surface area contributed by atoms with Crippen molar-refractivity contribution in [2.75, 3.05) is 13.2 Å². The van der Waals surface area contributed by atoms with Gasteiger partial charge in [0.1, 0.15) is 18.2 Å². The second-order valence-corrected chi connectivity index (χ2v) is 7.88. The molecule has 3 aromatic rings. The van der Waals surface area contributed by atoms with Gasteiger partial charge in [0.2, 0.25) is 5.91 Å². The maximum Gasteiger partial charge on any atom is 0.222 e. The van der Waals surface area contributed by atoms with E-state index >= 15 is 0 Å². The molecule has 1 aliphatic heterocycles. The molecule has 0 saturated carbocycles. The highest BCUT2D eigenvalue weighted by molar-refractivity contribution is 5.78. The van der Waals surface area contributed by atoms with E-state index in [4.69, 9.17) is 9.72 Å². The molecule has 1 fully saturated rings. The molecule has 0 N–H and O–H groups in total. The van der Waals surface area contributed by atoms with Gasteiger partial charge in [-0.3, -0.25) is 4.79 Å². The van der Waals surface area contributed by atoms with Crippen molar-refractivity contribution >= 4 is 16.9 Å². The van der Waals surface area contributed by atoms with Crippen molar-refractivity contribution in [2.45, 2.75) is 52.6 Å². The van der Waals surface area contributed by atoms with Crippen LogP contribution in [0.5, 0.6) is 5.75 Å². The van der Waals surface area contributed by atoms with Crippen molar-refractivity contribution in [3.05, 3.63) is 59.4 Å². The molecule has 1 amide bonds. The molecule has 0 bridgehead atoms. The Hall–Kier alpha value is -2.82. The minimum absolute atomic E-state index is 0.0519. The van der Waals surface area contributed by atoms with Gasteiger partial charge in [-0.25, -0.2) is 4.98 Å². The fourth-order valence-electron chi connectivity index (χ4n) is 4.39. The van der Waals surface area contributed by atoms with Crippen LogP contribution in [0.3, 0.4) is 0 Å². The first kappa shape index (κ1) is 19.5. The number of likely N-dealkylation sites (tertiary alicyclic amines) is 1. The van der Waals surface area contributed by atoms with E-state index < -0.39 is 0 Å². The largest absolute Gasteiger partial charge is 0.492 e. The van der Waals surface area contributed by atoms with Crippen LogP contribution in [-0.4, -0.2) is 33.5 Å². The Morgan fingerprint density at radius 3 is 2.69 bits per heavy atom. The molecule has 5 heteroatoms. The summed E-state index contributed by atoms with van der Waals surface area (Å²) in [5.74, 6) is 2.09. The summed E-state index contributed by atoms with van der Waals surface area (Å²) >= 11 is 0. The van der Waals surface area contributed by atoms with Gasteiger partial charge in [-0.05, 0) is 62.1 Å². The molecule has 4 rings (SSSR count). The van der Waals surface area contributed by atoms with E-state index in [1.165, 1.54) is 11.1 Å². The molecule has 2 heterocycles. The number of carbonyl (C=O) groups is 1. The van der Waals surface area contributed by atoms with E-state index in [0.29, 0.717) is 19.6 Å². The van der Waals surface area contributed by atoms with Crippen molar-refractivity contribution in [1.82, 2.24) is 14.5 Å². The van der Waals surface area contributed by atoms with Gasteiger partial charge < -0.3 is 14.2 Å². The summed E-state index contributed by atoms with van der Waals surface area (Å²) < 4.78 is 8.31. The number of para-hydroxylation sites is 2. The number of nitrogens with zero attached hydrogens (tertiary/aromatic N) is 3. The molecule has 29 heavy (non-hydrogen) atoms. The molecule has 1 saturated heterocycles. The van der Waals surface area contributed by atoms with Crippen molar-refractivity contribution in [1.29, 1.82) is 0 Å². The summed E-state index contributed by atoms with van der Waals surface area (Å²) in [6, 6.07) is 14.5. The molecular weight excluding hydrogens is 362 g/mol. The number of ether oxygens (including phenoxy) is 1. The summed E-state index contributed by atoms with van der Waals surface area (Å²) in [4.78, 5) is 19.4. The summed E-state index contributed by atoms with van der Waals surface area (Å²) in [5, 5.41) is 0. The highest BCUT2D eigenvalue weighted by Gasteiger charge is 2.32. The molecule has 152 valence electrons. The Labute approximate surface area is 172 Å². The van der Waals surface area contributed by atoms with Crippen LogP contribution in [0.25, 0.3) is 11.0 Å². The maximum absolute atomic E-state index is 12.5. The van der Waals surface area contributed by atoms with E-state index in [1.54, 1.807) is 0 Å². The van der Waals surface area contributed by atoms with Gasteiger partial charge in [-0.2, -0.15) is 0 Å². The van der Waals surface area contributed by atoms with Crippen LogP contribution in [0.15, 0.2) is 42.5 Å². The second kappa shape index (κ2) is 8.27. The zero-order valence-electron chi connectivity index (χ0n) is 17.5. The first-order valence-corrected chi connectivity index (χ1v) is 10.5. The average molecular weight is 392 g/mol. The van der Waals surface area contributed by atoms with Crippen LogP contribution in [0, 0.1) is 13.8 Å². The molecule has 0 radical (unpaired) electrons. The first-order chi connectivity index (χ1) is 14.1. The molecule has 1 atom stereocenters. The second-order valence-electron chi connectivity index (χ2n) is 7.88. The Kier molecular flexibility index (Phi) is 5.56. The standard InChI is InChI=1S/C24H29N3O2/c1-4-23(28)26-11-7-10-22(26)24-25-20-8-5-6-9-21(20)27(24)12-13-29-19-15-17(2)14-18(3)16-19/h5-6,8-9,14-16,22H,4,7,10-13H2,1-3H3. The van der Waals surface area contributed by atoms with Gasteiger partial charge in [0.25, 0.3) is 0 Å². The number of carbonyl (C=O) groups excluding carboxylic acids is 1. The van der Waals surface area contributed by atoms with Crippen molar-refractivity contribution < 1.29 is 9.53 Å². The zero-order chi connectivity index (χ0) is 20.4. The summed E-state index contributed by atoms with van der Waals surface area (Å²) in [7, 11) is 0. The van der Waals surface area contributed by atoms with Crippen LogP contribution in [-0.2, 0) is 11.3 Å². The number of imidazole rings is 1. The van der Waals surface area contributed by atoms with Gasteiger partial charge in [0, 0.05) is 13.0 Å². The predicted molar refractivity (Wildman–Crippen MR) is 115 cm³/mol. The highest BCUT2D eigenvalue weighted by Crippen LogP contribution is 2.34. The third-order valence-corrected chi connectivity index (χ3v) is 5.64. The SMILES string of the molecule is CCC(=O)N1CCCC1c1nc2ccccc2n1CCOc1cc(C)cc(C)c1. The Morgan fingerprint density at radius 1 is 1.17 bits per heavy atom. The number of hydrogen-bond acceptors (Lipinski definition) is 3. The highest BCUT2D eigenvalue weighted by atomic mass is 16.5. The predicted octanol–water partition coefficient (Wildman–Crippen LogP) is 4.81. The minimum Gasteiger partial charge on any atom is -0.492 e. The number of amides is 1. The van der Waals surface area contributed by atoms with Gasteiger partial charge in [0.05, 0.1) is 23.6 Å². The summed E-state index contributed by atoms with van der Waals surface area (Å²) in [5.41, 5.74) is 4.48. The summed E-state index contributed by atoms with van der Waals surface area (Å²) in [6.45, 7) is 8.18. The van der Waals surface area contributed by atoms with Gasteiger partial charge in [-0.1, -0.05) is 25.1 Å². The monoisotopic (exact) mass is 391 g/mol. The molecule has 1 aliphatic rings. The van der Waals surface area contributed by atoms with Crippen LogP contribution in [0.1, 0.15) is 49.2 Å². The van der Waals surface area contributed by atoms with E-state index in [1.807, 2.05) is 30.0 Å². The number of benzene rings is 2. The third-order valence-electron chi connectivity index (χ3n) is 5.64. The minimum atomic E-state index is 0.0519. The Bertz CT molecular complexity index is 1000. The first-order valence-electron chi connectivity index (χ1n) is 10.5. The Balaban J connectivity index is 1.61. The van der Waals surface area contributed by atoms with Crippen LogP contribution < -0.4 is 4.74 Å². The number of fused-ring (bicyclic) bond motifs is 1. The lowest BCUT2D eigenvalue weighted by molar-refractivity contribution is -0.131. The van der Waals surface area contributed by atoms with E-state index in [-0.39, 0.29) is 11.9 Å². The zero-order valence-corrected chi connectivity index (χ0v) is 17.5. The number of aryl methyl sites for hydroxylation is 2. The van der Waals surface area contributed by atoms with Crippen molar-refractivity contribution in [3.8, 4) is 5.75 Å². The Morgan fingerprint density at radius 2 is 1.93 bits per heavy atom. The lowest BCUT2D eigenvalue weighted by Gasteiger charge is -2.25. The molecule has 1 unspecified atom stereocenters. The number of rotatable bonds is 6. The van der Waals surface area contributed by atoms with E-state index in [0.717, 1.165) is 42.0 Å². The third kappa shape index (κ3) is 4.00. The molecule has 5 nitrogen and oxygen atoms in total.